The molecule has 4 heteroatoms. The van der Waals surface area contributed by atoms with Crippen molar-refractivity contribution in [3.63, 3.8) is 0 Å². The summed E-state index contributed by atoms with van der Waals surface area (Å²) in [5.41, 5.74) is 0. The largest absolute Gasteiger partial charge is 0.505 e. The van der Waals surface area contributed by atoms with Crippen molar-refractivity contribution < 1.29 is 26.5 Å². The molecule has 0 rings (SSSR count). The summed E-state index contributed by atoms with van der Waals surface area (Å²) in [5.74, 6) is 0. The first-order valence-corrected chi connectivity index (χ1v) is 3.80. The Morgan fingerprint density at radius 2 is 2.12 bits per heavy atom. The van der Waals surface area contributed by atoms with Gasteiger partial charge in [-0.2, -0.15) is 4.89 Å². The van der Waals surface area contributed by atoms with E-state index in [1.807, 2.05) is 6.92 Å². The third kappa shape index (κ3) is 9.77. The second-order valence-corrected chi connectivity index (χ2v) is 2.58. The fourth-order valence-electron chi connectivity index (χ4n) is 0.293. The van der Waals surface area contributed by atoms with Crippen LogP contribution in [0.3, 0.4) is 0 Å². The summed E-state index contributed by atoms with van der Waals surface area (Å²) in [6, 6.07) is 0. The molecule has 0 aliphatic rings. The number of rotatable bonds is 3. The smallest absolute Gasteiger partial charge is 0.161 e. The molecule has 0 aromatic carbocycles. The molecule has 0 aliphatic heterocycles. The van der Waals surface area contributed by atoms with Crippen molar-refractivity contribution in [1.29, 1.82) is 0 Å². The standard InChI is InChI=1S/C4H9O2P.Fe/c1-2-3-4-7(5)6;/h2-4H2,1H3;/p+1. The van der Waals surface area contributed by atoms with Crippen LogP contribution in [0.2, 0.25) is 0 Å². The predicted octanol–water partition coefficient (Wildman–Crippen LogP) is 1.52. The Kier molecular flexibility index (Phi) is 10.8. The minimum absolute atomic E-state index is 0. The summed E-state index contributed by atoms with van der Waals surface area (Å²) < 4.78 is 9.91. The molecular formula is C4H10FeO2P+. The first-order chi connectivity index (χ1) is 3.27. The maximum absolute atomic E-state index is 9.91. The zero-order valence-corrected chi connectivity index (χ0v) is 6.78. The summed E-state index contributed by atoms with van der Waals surface area (Å²) in [4.78, 5) is 8.19. The van der Waals surface area contributed by atoms with Gasteiger partial charge in [-0.1, -0.05) is 13.3 Å². The molecule has 0 spiro atoms. The van der Waals surface area contributed by atoms with Gasteiger partial charge in [0.1, 0.15) is 0 Å². The summed E-state index contributed by atoms with van der Waals surface area (Å²) in [6.07, 6.45) is 2.33. The Bertz CT molecular complexity index is 67.1. The topological polar surface area (TPSA) is 37.3 Å². The van der Waals surface area contributed by atoms with Gasteiger partial charge in [0.15, 0.2) is 6.16 Å². The van der Waals surface area contributed by atoms with Crippen LogP contribution < -0.4 is 0 Å². The van der Waals surface area contributed by atoms with Gasteiger partial charge >= 0.3 is 8.03 Å². The molecule has 8 heavy (non-hydrogen) atoms. The summed E-state index contributed by atoms with van der Waals surface area (Å²) in [7, 11) is -1.86. The van der Waals surface area contributed by atoms with Crippen molar-refractivity contribution in [1.82, 2.24) is 0 Å². The number of hydrogen-bond acceptors (Lipinski definition) is 1. The van der Waals surface area contributed by atoms with E-state index in [0.717, 1.165) is 12.8 Å². The van der Waals surface area contributed by atoms with Crippen LogP contribution in [0.25, 0.3) is 0 Å². The van der Waals surface area contributed by atoms with E-state index in [4.69, 9.17) is 4.89 Å². The predicted molar refractivity (Wildman–Crippen MR) is 29.6 cm³/mol. The Labute approximate surface area is 61.0 Å². The molecule has 1 atom stereocenters. The zero-order valence-electron chi connectivity index (χ0n) is 4.78. The van der Waals surface area contributed by atoms with E-state index in [9.17, 15) is 4.57 Å². The van der Waals surface area contributed by atoms with Crippen LogP contribution >= 0.6 is 8.03 Å². The maximum atomic E-state index is 9.91. The van der Waals surface area contributed by atoms with Gasteiger partial charge in [0.2, 0.25) is 0 Å². The van der Waals surface area contributed by atoms with E-state index >= 15 is 0 Å². The van der Waals surface area contributed by atoms with Crippen molar-refractivity contribution in [2.45, 2.75) is 19.8 Å². The van der Waals surface area contributed by atoms with Gasteiger partial charge in [0, 0.05) is 17.1 Å². The zero-order chi connectivity index (χ0) is 5.70. The SMILES string of the molecule is CCCC[P+](=O)O.[Fe]. The van der Waals surface area contributed by atoms with Crippen molar-refractivity contribution in [3.8, 4) is 0 Å². The van der Waals surface area contributed by atoms with Gasteiger partial charge in [-0.05, 0) is 11.0 Å². The van der Waals surface area contributed by atoms with E-state index in [-0.39, 0.29) is 17.1 Å². The van der Waals surface area contributed by atoms with E-state index in [2.05, 4.69) is 0 Å². The van der Waals surface area contributed by atoms with Crippen molar-refractivity contribution >= 4 is 8.03 Å². The minimum atomic E-state index is -1.86. The molecule has 50 valence electrons. The maximum Gasteiger partial charge on any atom is 0.505 e. The molecule has 0 amide bonds. The van der Waals surface area contributed by atoms with Crippen LogP contribution in [0.5, 0.6) is 0 Å². The van der Waals surface area contributed by atoms with E-state index in [1.54, 1.807) is 0 Å². The molecule has 2 nitrogen and oxygen atoms in total. The molecule has 0 fully saturated rings. The van der Waals surface area contributed by atoms with Gasteiger partial charge in [-0.25, -0.2) is 0 Å². The fraction of sp³-hybridized carbons (Fsp3) is 1.00. The summed E-state index contributed by atoms with van der Waals surface area (Å²) in [5, 5.41) is 0. The average Bonchev–Trinajstić information content (AvgIpc) is 1.61. The van der Waals surface area contributed by atoms with Crippen LogP contribution in [-0.2, 0) is 21.6 Å². The Morgan fingerprint density at radius 3 is 2.25 bits per heavy atom. The van der Waals surface area contributed by atoms with Gasteiger partial charge in [0.25, 0.3) is 0 Å². The first-order valence-electron chi connectivity index (χ1n) is 2.41. The molecule has 0 heterocycles. The summed E-state index contributed by atoms with van der Waals surface area (Å²) in [6.45, 7) is 2.00. The van der Waals surface area contributed by atoms with E-state index in [1.165, 1.54) is 0 Å². The van der Waals surface area contributed by atoms with Crippen molar-refractivity contribution in [3.05, 3.63) is 0 Å². The molecule has 0 aromatic rings. The molecule has 0 aliphatic carbocycles. The third-order valence-corrected chi connectivity index (χ3v) is 1.40. The third-order valence-electron chi connectivity index (χ3n) is 0.703. The molecular weight excluding hydrogens is 167 g/mol. The average molecular weight is 177 g/mol. The van der Waals surface area contributed by atoms with Gasteiger partial charge in [-0.3, -0.25) is 0 Å². The second-order valence-electron chi connectivity index (χ2n) is 1.43. The van der Waals surface area contributed by atoms with Crippen molar-refractivity contribution in [2.24, 2.45) is 0 Å². The Morgan fingerprint density at radius 1 is 1.62 bits per heavy atom. The van der Waals surface area contributed by atoms with E-state index < -0.39 is 8.03 Å². The van der Waals surface area contributed by atoms with E-state index in [0.29, 0.717) is 6.16 Å². The second kappa shape index (κ2) is 7.58. The molecule has 0 saturated carbocycles. The minimum Gasteiger partial charge on any atom is -0.161 e. The monoisotopic (exact) mass is 177 g/mol. The number of hydrogen-bond donors (Lipinski definition) is 1. The quantitative estimate of drug-likeness (QED) is 0.524. The molecule has 0 bridgehead atoms. The normalized spacial score (nSPS) is 10.0. The Hall–Kier alpha value is 0.579. The molecule has 1 N–H and O–H groups in total. The van der Waals surface area contributed by atoms with Crippen molar-refractivity contribution in [2.75, 3.05) is 6.16 Å². The van der Waals surface area contributed by atoms with Gasteiger partial charge in [0.05, 0.1) is 0 Å². The van der Waals surface area contributed by atoms with Gasteiger partial charge < -0.3 is 0 Å². The van der Waals surface area contributed by atoms with Crippen LogP contribution in [0.15, 0.2) is 0 Å². The summed E-state index contributed by atoms with van der Waals surface area (Å²) >= 11 is 0. The molecule has 0 aromatic heterocycles. The van der Waals surface area contributed by atoms with Gasteiger partial charge in [-0.15, -0.1) is 0 Å². The van der Waals surface area contributed by atoms with Crippen LogP contribution in [0.1, 0.15) is 19.8 Å². The Balaban J connectivity index is 0. The molecule has 0 saturated heterocycles. The van der Waals surface area contributed by atoms with Crippen LogP contribution in [-0.4, -0.2) is 11.1 Å². The van der Waals surface area contributed by atoms with Crippen LogP contribution in [0.4, 0.5) is 0 Å². The van der Waals surface area contributed by atoms with Crippen LogP contribution in [0, 0.1) is 0 Å². The first kappa shape index (κ1) is 11.4. The molecule has 0 radical (unpaired) electrons. The number of unbranched alkanes of at least 4 members (excludes halogenated alkanes) is 1. The molecule has 1 unspecified atom stereocenters. The fourth-order valence-corrected chi connectivity index (χ4v) is 0.880.